The zero-order chi connectivity index (χ0) is 8.69. The first-order valence-corrected chi connectivity index (χ1v) is 4.18. The molecule has 0 aromatic heterocycles. The van der Waals surface area contributed by atoms with Gasteiger partial charge in [0.1, 0.15) is 0 Å². The van der Waals surface area contributed by atoms with Crippen LogP contribution in [0.3, 0.4) is 0 Å². The van der Waals surface area contributed by atoms with E-state index in [0.717, 1.165) is 19.6 Å². The second-order valence-corrected chi connectivity index (χ2v) is 2.62. The molecule has 3 heteroatoms. The van der Waals surface area contributed by atoms with Crippen LogP contribution >= 0.6 is 0 Å². The first kappa shape index (κ1) is 10.4. The third kappa shape index (κ3) is 4.79. The third-order valence-electron chi connectivity index (χ3n) is 1.55. The van der Waals surface area contributed by atoms with Gasteiger partial charge in [-0.3, -0.25) is 4.79 Å². The lowest BCUT2D eigenvalue weighted by molar-refractivity contribution is -0.127. The molecule has 0 aromatic rings. The topological polar surface area (TPSA) is 46.3 Å². The van der Waals surface area contributed by atoms with Gasteiger partial charge in [-0.15, -0.1) is 0 Å². The Morgan fingerprint density at radius 2 is 1.82 bits per heavy atom. The molecule has 1 rings (SSSR count). The standard InChI is InChI=1S/C6H11NO.C2H7N/c1-6(8)7-4-2-3-5-7;1-2-3/h2-5H2,1H3;2-3H2,1H3. The van der Waals surface area contributed by atoms with Crippen molar-refractivity contribution in [2.75, 3.05) is 19.6 Å². The number of nitrogens with zero attached hydrogens (tertiary/aromatic N) is 1. The molecule has 1 heterocycles. The molecule has 0 aliphatic carbocycles. The summed E-state index contributed by atoms with van der Waals surface area (Å²) in [5.41, 5.74) is 4.85. The highest BCUT2D eigenvalue weighted by Gasteiger charge is 2.12. The van der Waals surface area contributed by atoms with Gasteiger partial charge in [0, 0.05) is 20.0 Å². The van der Waals surface area contributed by atoms with Gasteiger partial charge >= 0.3 is 0 Å². The van der Waals surface area contributed by atoms with Gasteiger partial charge in [-0.1, -0.05) is 6.92 Å². The van der Waals surface area contributed by atoms with E-state index in [-0.39, 0.29) is 5.91 Å². The summed E-state index contributed by atoms with van der Waals surface area (Å²) >= 11 is 0. The van der Waals surface area contributed by atoms with E-state index in [2.05, 4.69) is 0 Å². The predicted molar refractivity (Wildman–Crippen MR) is 46.2 cm³/mol. The van der Waals surface area contributed by atoms with Crippen LogP contribution in [0.15, 0.2) is 0 Å². The Kier molecular flexibility index (Phi) is 5.84. The van der Waals surface area contributed by atoms with Crippen LogP contribution in [0.1, 0.15) is 26.7 Å². The molecule has 66 valence electrons. The van der Waals surface area contributed by atoms with Crippen molar-refractivity contribution in [1.29, 1.82) is 0 Å². The van der Waals surface area contributed by atoms with Gasteiger partial charge in [0.15, 0.2) is 0 Å². The minimum Gasteiger partial charge on any atom is -0.343 e. The fourth-order valence-corrected chi connectivity index (χ4v) is 1.03. The zero-order valence-electron chi connectivity index (χ0n) is 7.47. The second kappa shape index (κ2) is 6.16. The number of amides is 1. The molecule has 1 fully saturated rings. The Morgan fingerprint density at radius 1 is 1.45 bits per heavy atom. The molecule has 1 amide bonds. The van der Waals surface area contributed by atoms with Crippen LogP contribution in [0.25, 0.3) is 0 Å². The van der Waals surface area contributed by atoms with Gasteiger partial charge < -0.3 is 10.6 Å². The van der Waals surface area contributed by atoms with Crippen LogP contribution in [-0.4, -0.2) is 30.4 Å². The smallest absolute Gasteiger partial charge is 0.219 e. The molecular formula is C8H18N2O. The Balaban J connectivity index is 0.000000292. The van der Waals surface area contributed by atoms with E-state index < -0.39 is 0 Å². The van der Waals surface area contributed by atoms with Crippen LogP contribution in [0, 0.1) is 0 Å². The highest BCUT2D eigenvalue weighted by Crippen LogP contribution is 2.05. The van der Waals surface area contributed by atoms with E-state index >= 15 is 0 Å². The number of carbonyl (C=O) groups excluding carboxylic acids is 1. The molecule has 0 saturated carbocycles. The number of hydrogen-bond donors (Lipinski definition) is 1. The number of hydrogen-bond acceptors (Lipinski definition) is 2. The first-order chi connectivity index (χ1) is 5.22. The molecule has 2 N–H and O–H groups in total. The molecule has 1 aliphatic heterocycles. The second-order valence-electron chi connectivity index (χ2n) is 2.62. The summed E-state index contributed by atoms with van der Waals surface area (Å²) in [4.78, 5) is 12.5. The average molecular weight is 158 g/mol. The van der Waals surface area contributed by atoms with Crippen molar-refractivity contribution in [3.05, 3.63) is 0 Å². The lowest BCUT2D eigenvalue weighted by Crippen LogP contribution is -2.24. The maximum absolute atomic E-state index is 10.6. The first-order valence-electron chi connectivity index (χ1n) is 4.18. The number of carbonyl (C=O) groups is 1. The van der Waals surface area contributed by atoms with Crippen molar-refractivity contribution in [2.45, 2.75) is 26.7 Å². The van der Waals surface area contributed by atoms with E-state index in [1.54, 1.807) is 6.92 Å². The van der Waals surface area contributed by atoms with Crippen LogP contribution < -0.4 is 5.73 Å². The van der Waals surface area contributed by atoms with Crippen molar-refractivity contribution in [3.63, 3.8) is 0 Å². The van der Waals surface area contributed by atoms with Crippen LogP contribution in [0.5, 0.6) is 0 Å². The Bertz CT molecular complexity index is 109. The lowest BCUT2D eigenvalue weighted by Gasteiger charge is -2.10. The van der Waals surface area contributed by atoms with Crippen molar-refractivity contribution in [2.24, 2.45) is 5.73 Å². The molecule has 0 aromatic carbocycles. The van der Waals surface area contributed by atoms with E-state index in [0.29, 0.717) is 0 Å². The molecule has 0 bridgehead atoms. The van der Waals surface area contributed by atoms with Crippen molar-refractivity contribution < 1.29 is 4.79 Å². The van der Waals surface area contributed by atoms with Gasteiger partial charge in [-0.05, 0) is 19.4 Å². The van der Waals surface area contributed by atoms with Gasteiger partial charge in [-0.25, -0.2) is 0 Å². The van der Waals surface area contributed by atoms with Gasteiger partial charge in [-0.2, -0.15) is 0 Å². The van der Waals surface area contributed by atoms with E-state index in [1.165, 1.54) is 12.8 Å². The summed E-state index contributed by atoms with van der Waals surface area (Å²) in [5.74, 6) is 0.225. The summed E-state index contributed by atoms with van der Waals surface area (Å²) in [6, 6.07) is 0. The summed E-state index contributed by atoms with van der Waals surface area (Å²) in [6.07, 6.45) is 2.39. The zero-order valence-corrected chi connectivity index (χ0v) is 7.47. The van der Waals surface area contributed by atoms with Gasteiger partial charge in [0.05, 0.1) is 0 Å². The molecule has 0 atom stereocenters. The Hall–Kier alpha value is -0.570. The number of nitrogens with two attached hydrogens (primary N) is 1. The molecule has 3 nitrogen and oxygen atoms in total. The lowest BCUT2D eigenvalue weighted by atomic mass is 10.4. The highest BCUT2D eigenvalue weighted by atomic mass is 16.2. The highest BCUT2D eigenvalue weighted by molar-refractivity contribution is 5.73. The van der Waals surface area contributed by atoms with Gasteiger partial charge in [0.2, 0.25) is 5.91 Å². The SMILES string of the molecule is CC(=O)N1CCCC1.CCN. The summed E-state index contributed by atoms with van der Waals surface area (Å²) in [7, 11) is 0. The normalized spacial score (nSPS) is 15.7. The minimum absolute atomic E-state index is 0.225. The largest absolute Gasteiger partial charge is 0.343 e. The molecule has 1 saturated heterocycles. The molecule has 1 aliphatic rings. The fraction of sp³-hybridized carbons (Fsp3) is 0.875. The van der Waals surface area contributed by atoms with E-state index in [4.69, 9.17) is 5.73 Å². The molecule has 0 radical (unpaired) electrons. The van der Waals surface area contributed by atoms with E-state index in [1.807, 2.05) is 11.8 Å². The summed E-state index contributed by atoms with van der Waals surface area (Å²) < 4.78 is 0. The molecule has 11 heavy (non-hydrogen) atoms. The van der Waals surface area contributed by atoms with Crippen LogP contribution in [0.2, 0.25) is 0 Å². The van der Waals surface area contributed by atoms with Crippen molar-refractivity contribution in [1.82, 2.24) is 4.90 Å². The number of rotatable bonds is 0. The van der Waals surface area contributed by atoms with Crippen LogP contribution in [0.4, 0.5) is 0 Å². The monoisotopic (exact) mass is 158 g/mol. The summed E-state index contributed by atoms with van der Waals surface area (Å²) in [5, 5.41) is 0. The molecular weight excluding hydrogens is 140 g/mol. The molecule has 0 unspecified atom stereocenters. The molecule has 0 spiro atoms. The average Bonchev–Trinajstić information content (AvgIpc) is 2.38. The quantitative estimate of drug-likeness (QED) is 0.561. The van der Waals surface area contributed by atoms with E-state index in [9.17, 15) is 4.79 Å². The summed E-state index contributed by atoms with van der Waals surface area (Å²) in [6.45, 7) is 6.25. The maximum atomic E-state index is 10.6. The minimum atomic E-state index is 0.225. The maximum Gasteiger partial charge on any atom is 0.219 e. The van der Waals surface area contributed by atoms with Crippen LogP contribution in [-0.2, 0) is 4.79 Å². The Morgan fingerprint density at radius 3 is 2.00 bits per heavy atom. The van der Waals surface area contributed by atoms with Gasteiger partial charge in [0.25, 0.3) is 0 Å². The van der Waals surface area contributed by atoms with Crippen molar-refractivity contribution in [3.8, 4) is 0 Å². The number of likely N-dealkylation sites (tertiary alicyclic amines) is 1. The predicted octanol–water partition coefficient (Wildman–Crippen LogP) is 0.594. The van der Waals surface area contributed by atoms with Crippen molar-refractivity contribution >= 4 is 5.91 Å². The third-order valence-corrected chi connectivity index (χ3v) is 1.55. The Labute approximate surface area is 68.6 Å². The fourth-order valence-electron chi connectivity index (χ4n) is 1.03.